The van der Waals surface area contributed by atoms with Gasteiger partial charge in [-0.25, -0.2) is 9.78 Å². The van der Waals surface area contributed by atoms with E-state index in [9.17, 15) is 4.79 Å². The van der Waals surface area contributed by atoms with Crippen molar-refractivity contribution in [2.75, 3.05) is 0 Å². The Morgan fingerprint density at radius 3 is 2.68 bits per heavy atom. The molecule has 4 aromatic rings. The third-order valence-corrected chi connectivity index (χ3v) is 4.11. The number of H-pyrrole nitrogens is 1. The van der Waals surface area contributed by atoms with Gasteiger partial charge >= 0.3 is 5.97 Å². The monoisotopic (exact) mass is 372 g/mol. The van der Waals surface area contributed by atoms with Crippen molar-refractivity contribution in [3.63, 3.8) is 0 Å². The van der Waals surface area contributed by atoms with Gasteiger partial charge in [-0.1, -0.05) is 24.3 Å². The van der Waals surface area contributed by atoms with Crippen LogP contribution < -0.4 is 4.74 Å². The molecule has 7 nitrogen and oxygen atoms in total. The maximum Gasteiger partial charge on any atom is 0.354 e. The Hall–Kier alpha value is -4.00. The van der Waals surface area contributed by atoms with E-state index in [0.29, 0.717) is 18.1 Å². The number of pyridine rings is 2. The second kappa shape index (κ2) is 7.71. The molecule has 0 atom stereocenters. The van der Waals surface area contributed by atoms with E-state index in [0.717, 1.165) is 22.5 Å². The first-order valence-corrected chi connectivity index (χ1v) is 8.57. The van der Waals surface area contributed by atoms with Gasteiger partial charge in [0.25, 0.3) is 0 Å². The van der Waals surface area contributed by atoms with Crippen molar-refractivity contribution >= 4 is 5.97 Å². The van der Waals surface area contributed by atoms with Crippen LogP contribution in [0.15, 0.2) is 73.1 Å². The first-order valence-electron chi connectivity index (χ1n) is 8.57. The number of hydrogen-bond acceptors (Lipinski definition) is 5. The number of rotatable bonds is 6. The summed E-state index contributed by atoms with van der Waals surface area (Å²) in [6, 6.07) is 18.1. The summed E-state index contributed by atoms with van der Waals surface area (Å²) in [6.45, 7) is 0.359. The van der Waals surface area contributed by atoms with Gasteiger partial charge in [0.2, 0.25) is 0 Å². The van der Waals surface area contributed by atoms with Crippen LogP contribution >= 0.6 is 0 Å². The lowest BCUT2D eigenvalue weighted by Crippen LogP contribution is -2.01. The molecule has 0 aliphatic rings. The zero-order chi connectivity index (χ0) is 19.3. The van der Waals surface area contributed by atoms with Crippen LogP contribution in [0.1, 0.15) is 16.1 Å². The summed E-state index contributed by atoms with van der Waals surface area (Å²) >= 11 is 0. The minimum absolute atomic E-state index is 0.0163. The third kappa shape index (κ3) is 3.88. The van der Waals surface area contributed by atoms with Crippen LogP contribution in [0.5, 0.6) is 5.75 Å². The Labute approximate surface area is 160 Å². The van der Waals surface area contributed by atoms with Gasteiger partial charge in [-0.05, 0) is 42.0 Å². The molecule has 0 fully saturated rings. The first kappa shape index (κ1) is 17.4. The molecule has 0 amide bonds. The highest BCUT2D eigenvalue weighted by atomic mass is 16.5. The van der Waals surface area contributed by atoms with Gasteiger partial charge in [0.1, 0.15) is 18.1 Å². The minimum atomic E-state index is -1.05. The molecule has 28 heavy (non-hydrogen) atoms. The van der Waals surface area contributed by atoms with E-state index in [1.54, 1.807) is 24.5 Å². The second-order valence-electron chi connectivity index (χ2n) is 6.05. The van der Waals surface area contributed by atoms with E-state index in [1.165, 1.54) is 6.07 Å². The zero-order valence-electron chi connectivity index (χ0n) is 14.7. The number of carboxylic acid groups (broad SMARTS) is 1. The van der Waals surface area contributed by atoms with E-state index in [1.807, 2.05) is 42.5 Å². The second-order valence-corrected chi connectivity index (χ2v) is 6.05. The standard InChI is InChI=1S/C21H16N4O3/c26-21(27)20-6-2-5-17(24-20)15-4-1-3-14(11-15)13-28-16-7-8-18(22-12-16)19-9-10-23-25-19/h1-12H,13H2,(H,23,25)(H,26,27). The Bertz CT molecular complexity index is 1090. The maximum absolute atomic E-state index is 11.1. The van der Waals surface area contributed by atoms with Crippen molar-refractivity contribution in [2.45, 2.75) is 6.61 Å². The topological polar surface area (TPSA) is 101 Å². The van der Waals surface area contributed by atoms with Crippen LogP contribution in [0.3, 0.4) is 0 Å². The summed E-state index contributed by atoms with van der Waals surface area (Å²) < 4.78 is 5.81. The highest BCUT2D eigenvalue weighted by molar-refractivity contribution is 5.86. The lowest BCUT2D eigenvalue weighted by Gasteiger charge is -2.08. The van der Waals surface area contributed by atoms with Crippen molar-refractivity contribution in [3.8, 4) is 28.4 Å². The Kier molecular flexibility index (Phi) is 4.79. The Morgan fingerprint density at radius 1 is 1.04 bits per heavy atom. The van der Waals surface area contributed by atoms with E-state index in [2.05, 4.69) is 20.2 Å². The molecule has 1 aromatic carbocycles. The quantitative estimate of drug-likeness (QED) is 0.534. The number of benzene rings is 1. The van der Waals surface area contributed by atoms with Crippen LogP contribution in [-0.4, -0.2) is 31.2 Å². The molecular weight excluding hydrogens is 356 g/mol. The number of aromatic amines is 1. The summed E-state index contributed by atoms with van der Waals surface area (Å²) in [6.07, 6.45) is 3.34. The van der Waals surface area contributed by atoms with Crippen molar-refractivity contribution in [3.05, 3.63) is 84.3 Å². The fourth-order valence-corrected chi connectivity index (χ4v) is 2.73. The SMILES string of the molecule is O=C(O)c1cccc(-c2cccc(COc3ccc(-c4ccn[nH]4)nc3)c2)n1. The largest absolute Gasteiger partial charge is 0.487 e. The van der Waals surface area contributed by atoms with Crippen LogP contribution in [-0.2, 0) is 6.61 Å². The average molecular weight is 372 g/mol. The Balaban J connectivity index is 1.47. The number of aromatic nitrogens is 4. The molecule has 138 valence electrons. The summed E-state index contributed by atoms with van der Waals surface area (Å²) in [5, 5.41) is 15.9. The van der Waals surface area contributed by atoms with Crippen molar-refractivity contribution in [1.82, 2.24) is 20.2 Å². The predicted molar refractivity (Wildman–Crippen MR) is 103 cm³/mol. The summed E-state index contributed by atoms with van der Waals surface area (Å²) in [7, 11) is 0. The molecule has 0 unspecified atom stereocenters. The van der Waals surface area contributed by atoms with Gasteiger partial charge in [-0.3, -0.25) is 10.1 Å². The molecule has 4 rings (SSSR count). The van der Waals surface area contributed by atoms with Crippen LogP contribution in [0.4, 0.5) is 0 Å². The number of carboxylic acids is 1. The number of hydrogen-bond donors (Lipinski definition) is 2. The molecule has 0 spiro atoms. The fraction of sp³-hybridized carbons (Fsp3) is 0.0476. The van der Waals surface area contributed by atoms with Crippen LogP contribution in [0.2, 0.25) is 0 Å². The first-order chi connectivity index (χ1) is 13.7. The van der Waals surface area contributed by atoms with E-state index in [4.69, 9.17) is 9.84 Å². The molecule has 0 aliphatic heterocycles. The van der Waals surface area contributed by atoms with Crippen molar-refractivity contribution < 1.29 is 14.6 Å². The summed E-state index contributed by atoms with van der Waals surface area (Å²) in [4.78, 5) is 19.7. The van der Waals surface area contributed by atoms with E-state index < -0.39 is 5.97 Å². The van der Waals surface area contributed by atoms with Crippen molar-refractivity contribution in [1.29, 1.82) is 0 Å². The van der Waals surface area contributed by atoms with Crippen LogP contribution in [0.25, 0.3) is 22.6 Å². The highest BCUT2D eigenvalue weighted by Gasteiger charge is 2.08. The maximum atomic E-state index is 11.1. The lowest BCUT2D eigenvalue weighted by atomic mass is 10.1. The van der Waals surface area contributed by atoms with Crippen molar-refractivity contribution in [2.24, 2.45) is 0 Å². The number of nitrogens with zero attached hydrogens (tertiary/aromatic N) is 3. The van der Waals surface area contributed by atoms with E-state index in [-0.39, 0.29) is 5.69 Å². The molecule has 3 heterocycles. The smallest absolute Gasteiger partial charge is 0.354 e. The number of ether oxygens (including phenoxy) is 1. The molecule has 0 aliphatic carbocycles. The number of aromatic carboxylic acids is 1. The zero-order valence-corrected chi connectivity index (χ0v) is 14.7. The molecule has 0 bridgehead atoms. The molecule has 2 N–H and O–H groups in total. The van der Waals surface area contributed by atoms with Crippen LogP contribution in [0, 0.1) is 0 Å². The van der Waals surface area contributed by atoms with E-state index >= 15 is 0 Å². The Morgan fingerprint density at radius 2 is 1.93 bits per heavy atom. The van der Waals surface area contributed by atoms with Gasteiger partial charge in [0.05, 0.1) is 23.3 Å². The molecule has 7 heteroatoms. The molecule has 0 saturated heterocycles. The average Bonchev–Trinajstić information content (AvgIpc) is 3.28. The minimum Gasteiger partial charge on any atom is -0.487 e. The van der Waals surface area contributed by atoms with Gasteiger partial charge in [-0.15, -0.1) is 0 Å². The van der Waals surface area contributed by atoms with Gasteiger partial charge in [0.15, 0.2) is 0 Å². The lowest BCUT2D eigenvalue weighted by molar-refractivity contribution is 0.0690. The molecular formula is C21H16N4O3. The molecule has 0 saturated carbocycles. The number of nitrogens with one attached hydrogen (secondary N) is 1. The highest BCUT2D eigenvalue weighted by Crippen LogP contribution is 2.21. The summed E-state index contributed by atoms with van der Waals surface area (Å²) in [5.41, 5.74) is 4.02. The summed E-state index contributed by atoms with van der Waals surface area (Å²) in [5.74, 6) is -0.396. The van der Waals surface area contributed by atoms with Gasteiger partial charge in [-0.2, -0.15) is 5.10 Å². The third-order valence-electron chi connectivity index (χ3n) is 4.11. The predicted octanol–water partition coefficient (Wildman–Crippen LogP) is 3.81. The normalized spacial score (nSPS) is 10.6. The molecule has 3 aromatic heterocycles. The number of carbonyl (C=O) groups is 1. The van der Waals surface area contributed by atoms with Gasteiger partial charge in [0, 0.05) is 11.8 Å². The molecule has 0 radical (unpaired) electrons. The fourth-order valence-electron chi connectivity index (χ4n) is 2.73. The van der Waals surface area contributed by atoms with Gasteiger partial charge < -0.3 is 9.84 Å².